The quantitative estimate of drug-likeness (QED) is 0.299. The first-order chi connectivity index (χ1) is 15.9. The highest BCUT2D eigenvalue weighted by Crippen LogP contribution is 2.26. The van der Waals surface area contributed by atoms with Gasteiger partial charge in [0.25, 0.3) is 5.91 Å². The number of hydrazone groups is 1. The number of nitrogen functional groups attached to an aromatic ring is 1. The number of aryl methyl sites for hydroxylation is 1. The van der Waals surface area contributed by atoms with Crippen LogP contribution in [0.4, 0.5) is 11.5 Å². The van der Waals surface area contributed by atoms with Gasteiger partial charge in [0, 0.05) is 18.2 Å². The van der Waals surface area contributed by atoms with Gasteiger partial charge in [0.2, 0.25) is 17.5 Å². The summed E-state index contributed by atoms with van der Waals surface area (Å²) in [6.07, 6.45) is 1.46. The van der Waals surface area contributed by atoms with Crippen molar-refractivity contribution in [2.45, 2.75) is 13.8 Å². The molecule has 12 heteroatoms. The molecule has 2 aromatic carbocycles. The fourth-order valence-electron chi connectivity index (χ4n) is 2.97. The van der Waals surface area contributed by atoms with Crippen LogP contribution in [0.3, 0.4) is 0 Å². The summed E-state index contributed by atoms with van der Waals surface area (Å²) in [5, 5.41) is 22.0. The van der Waals surface area contributed by atoms with Gasteiger partial charge in [0.1, 0.15) is 5.69 Å². The second kappa shape index (κ2) is 9.09. The minimum atomic E-state index is -0.585. The Bertz CT molecular complexity index is 1320. The minimum Gasteiger partial charge on any atom is -0.378 e. The normalized spacial score (nSPS) is 11.0. The van der Waals surface area contributed by atoms with E-state index in [1.807, 2.05) is 31.2 Å². The Kier molecular flexibility index (Phi) is 5.89. The van der Waals surface area contributed by atoms with E-state index in [2.05, 4.69) is 41.1 Å². The third-order valence-electron chi connectivity index (χ3n) is 4.52. The summed E-state index contributed by atoms with van der Waals surface area (Å²) >= 11 is 0. The summed E-state index contributed by atoms with van der Waals surface area (Å²) in [7, 11) is 0. The SMILES string of the molecule is CC(=O)Nc1ccc(C=NNC(=O)c2nnn(-c3nonc3N)c2-c2ccc(C)cc2)cc1. The number of rotatable bonds is 6. The van der Waals surface area contributed by atoms with Gasteiger partial charge in [-0.25, -0.2) is 10.1 Å². The van der Waals surface area contributed by atoms with Crippen molar-refractivity contribution >= 4 is 29.5 Å². The van der Waals surface area contributed by atoms with Crippen molar-refractivity contribution in [1.29, 1.82) is 0 Å². The first-order valence-electron chi connectivity index (χ1n) is 9.74. The van der Waals surface area contributed by atoms with Gasteiger partial charge in [-0.15, -0.1) is 5.10 Å². The molecular weight excluding hydrogens is 426 g/mol. The molecular formula is C21H19N9O3. The van der Waals surface area contributed by atoms with Crippen LogP contribution in [0.15, 0.2) is 58.3 Å². The van der Waals surface area contributed by atoms with E-state index >= 15 is 0 Å². The van der Waals surface area contributed by atoms with E-state index in [1.165, 1.54) is 17.8 Å². The molecule has 0 atom stereocenters. The summed E-state index contributed by atoms with van der Waals surface area (Å²) in [6, 6.07) is 14.4. The van der Waals surface area contributed by atoms with Crippen LogP contribution in [0.5, 0.6) is 0 Å². The molecule has 0 saturated heterocycles. The monoisotopic (exact) mass is 445 g/mol. The standard InChI is InChI=1S/C21H19N9O3/c1-12-3-7-15(8-4-12)18-17(25-29-30(18)20-19(22)27-33-28-20)21(32)26-23-11-14-5-9-16(10-6-14)24-13(2)31/h3-11H,1-2H3,(H2,22,27)(H,24,31)(H,26,32). The average molecular weight is 445 g/mol. The molecule has 0 unspecified atom stereocenters. The summed E-state index contributed by atoms with van der Waals surface area (Å²) in [4.78, 5) is 24.0. The summed E-state index contributed by atoms with van der Waals surface area (Å²) in [5.41, 5.74) is 11.7. The van der Waals surface area contributed by atoms with Crippen LogP contribution in [0.2, 0.25) is 0 Å². The fraction of sp³-hybridized carbons (Fsp3) is 0.0952. The number of benzene rings is 2. The highest BCUT2D eigenvalue weighted by molar-refractivity contribution is 5.99. The maximum absolute atomic E-state index is 12.9. The molecule has 12 nitrogen and oxygen atoms in total. The Hall–Kier alpha value is -4.87. The van der Waals surface area contributed by atoms with Crippen molar-refractivity contribution < 1.29 is 14.2 Å². The van der Waals surface area contributed by atoms with Crippen LogP contribution in [-0.4, -0.2) is 43.3 Å². The highest BCUT2D eigenvalue weighted by atomic mass is 16.6. The molecule has 0 fully saturated rings. The minimum absolute atomic E-state index is 0.000880. The van der Waals surface area contributed by atoms with E-state index in [1.54, 1.807) is 24.3 Å². The molecule has 4 rings (SSSR count). The zero-order valence-electron chi connectivity index (χ0n) is 17.7. The molecule has 0 radical (unpaired) electrons. The fourth-order valence-corrected chi connectivity index (χ4v) is 2.97. The highest BCUT2D eigenvalue weighted by Gasteiger charge is 2.25. The molecule has 0 bridgehead atoms. The summed E-state index contributed by atoms with van der Waals surface area (Å²) < 4.78 is 5.95. The van der Waals surface area contributed by atoms with Crippen molar-refractivity contribution in [3.05, 3.63) is 65.4 Å². The molecule has 0 spiro atoms. The largest absolute Gasteiger partial charge is 0.378 e. The molecule has 0 aliphatic heterocycles. The molecule has 2 aromatic heterocycles. The second-order valence-electron chi connectivity index (χ2n) is 7.04. The number of carbonyl (C=O) groups excluding carboxylic acids is 2. The molecule has 0 aliphatic rings. The number of nitrogens with two attached hydrogens (primary N) is 1. The van der Waals surface area contributed by atoms with E-state index in [0.29, 0.717) is 22.5 Å². The smallest absolute Gasteiger partial charge is 0.294 e. The Labute approximate surface area is 187 Å². The lowest BCUT2D eigenvalue weighted by atomic mass is 10.1. The first kappa shape index (κ1) is 21.4. The van der Waals surface area contributed by atoms with Gasteiger partial charge in [-0.3, -0.25) is 9.59 Å². The topological polar surface area (TPSA) is 166 Å². The zero-order chi connectivity index (χ0) is 23.4. The number of aromatic nitrogens is 5. The van der Waals surface area contributed by atoms with Crippen molar-refractivity contribution in [1.82, 2.24) is 30.7 Å². The third kappa shape index (κ3) is 4.74. The summed E-state index contributed by atoms with van der Waals surface area (Å²) in [5.74, 6) is -0.636. The lowest BCUT2D eigenvalue weighted by Gasteiger charge is -2.06. The Morgan fingerprint density at radius 1 is 1.09 bits per heavy atom. The van der Waals surface area contributed by atoms with E-state index in [4.69, 9.17) is 5.73 Å². The van der Waals surface area contributed by atoms with Crippen LogP contribution in [0, 0.1) is 6.92 Å². The van der Waals surface area contributed by atoms with Gasteiger partial charge in [-0.05, 0) is 34.9 Å². The van der Waals surface area contributed by atoms with Gasteiger partial charge in [0.15, 0.2) is 5.69 Å². The molecule has 166 valence electrons. The lowest BCUT2D eigenvalue weighted by Crippen LogP contribution is -2.19. The average Bonchev–Trinajstić information content (AvgIpc) is 3.41. The molecule has 4 N–H and O–H groups in total. The molecule has 2 heterocycles. The maximum atomic E-state index is 12.9. The third-order valence-corrected chi connectivity index (χ3v) is 4.52. The van der Waals surface area contributed by atoms with E-state index in [-0.39, 0.29) is 23.2 Å². The molecule has 4 aromatic rings. The van der Waals surface area contributed by atoms with Gasteiger partial charge in [0.05, 0.1) is 6.21 Å². The number of hydrogen-bond donors (Lipinski definition) is 3. The Balaban J connectivity index is 1.59. The van der Waals surface area contributed by atoms with Crippen molar-refractivity contribution in [3.63, 3.8) is 0 Å². The molecule has 33 heavy (non-hydrogen) atoms. The van der Waals surface area contributed by atoms with Crippen molar-refractivity contribution in [2.75, 3.05) is 11.1 Å². The number of anilines is 2. The molecule has 0 saturated carbocycles. The summed E-state index contributed by atoms with van der Waals surface area (Å²) in [6.45, 7) is 3.38. The Morgan fingerprint density at radius 3 is 2.45 bits per heavy atom. The van der Waals surface area contributed by atoms with Gasteiger partial charge in [-0.1, -0.05) is 47.2 Å². The number of amides is 2. The van der Waals surface area contributed by atoms with Crippen LogP contribution < -0.4 is 16.5 Å². The van der Waals surface area contributed by atoms with Gasteiger partial charge in [-0.2, -0.15) is 9.78 Å². The van der Waals surface area contributed by atoms with Crippen LogP contribution in [-0.2, 0) is 4.79 Å². The van der Waals surface area contributed by atoms with E-state index in [0.717, 1.165) is 5.56 Å². The predicted octanol–water partition coefficient (Wildman–Crippen LogP) is 1.93. The van der Waals surface area contributed by atoms with Gasteiger partial charge < -0.3 is 11.1 Å². The van der Waals surface area contributed by atoms with Crippen LogP contribution in [0.25, 0.3) is 17.1 Å². The number of carbonyl (C=O) groups is 2. The van der Waals surface area contributed by atoms with Gasteiger partial charge >= 0.3 is 0 Å². The van der Waals surface area contributed by atoms with Crippen molar-refractivity contribution in [2.24, 2.45) is 5.10 Å². The van der Waals surface area contributed by atoms with Crippen LogP contribution >= 0.6 is 0 Å². The van der Waals surface area contributed by atoms with E-state index in [9.17, 15) is 9.59 Å². The van der Waals surface area contributed by atoms with Crippen LogP contribution in [0.1, 0.15) is 28.5 Å². The molecule has 2 amide bonds. The molecule has 0 aliphatic carbocycles. The Morgan fingerprint density at radius 2 is 1.82 bits per heavy atom. The first-order valence-corrected chi connectivity index (χ1v) is 9.74. The zero-order valence-corrected chi connectivity index (χ0v) is 17.7. The number of nitrogens with zero attached hydrogens (tertiary/aromatic N) is 6. The maximum Gasteiger partial charge on any atom is 0.294 e. The van der Waals surface area contributed by atoms with E-state index < -0.39 is 5.91 Å². The predicted molar refractivity (Wildman–Crippen MR) is 120 cm³/mol. The number of hydrogen-bond acceptors (Lipinski definition) is 9. The number of nitrogens with one attached hydrogen (secondary N) is 2. The van der Waals surface area contributed by atoms with Crippen molar-refractivity contribution in [3.8, 4) is 17.1 Å². The second-order valence-corrected chi connectivity index (χ2v) is 7.04. The lowest BCUT2D eigenvalue weighted by molar-refractivity contribution is -0.114.